The van der Waals surface area contributed by atoms with Crippen molar-refractivity contribution in [3.8, 4) is 5.75 Å². The quantitative estimate of drug-likeness (QED) is 0.544. The molecule has 0 aliphatic carbocycles. The Balaban J connectivity index is 1.60. The molecule has 0 atom stereocenters. The molecule has 146 valence electrons. The summed E-state index contributed by atoms with van der Waals surface area (Å²) in [6, 6.07) is 16.0. The number of hydrogen-bond donors (Lipinski definition) is 2. The molecule has 0 unspecified atom stereocenters. The summed E-state index contributed by atoms with van der Waals surface area (Å²) >= 11 is 11.7. The first kappa shape index (κ1) is 20.2. The lowest BCUT2D eigenvalue weighted by atomic mass is 10.3. The fourth-order valence-electron chi connectivity index (χ4n) is 2.16. The van der Waals surface area contributed by atoms with Gasteiger partial charge in [0.05, 0.1) is 5.02 Å². The summed E-state index contributed by atoms with van der Waals surface area (Å²) in [5, 5.41) is 0.148. The van der Waals surface area contributed by atoms with Crippen molar-refractivity contribution < 1.29 is 22.4 Å². The van der Waals surface area contributed by atoms with E-state index in [4.69, 9.17) is 32.4 Å². The molecule has 1 aromatic heterocycles. The van der Waals surface area contributed by atoms with Gasteiger partial charge in [-0.05, 0) is 42.5 Å². The Hall–Kier alpha value is -2.52. The molecule has 7 nitrogen and oxygen atoms in total. The van der Waals surface area contributed by atoms with Crippen LogP contribution < -0.4 is 15.0 Å². The maximum Gasteiger partial charge on any atom is 0.301 e. The largest absolute Gasteiger partial charge is 0.486 e. The smallest absolute Gasteiger partial charge is 0.301 e. The molecule has 28 heavy (non-hydrogen) atoms. The first-order valence-corrected chi connectivity index (χ1v) is 10.1. The van der Waals surface area contributed by atoms with Crippen molar-refractivity contribution in [3.05, 3.63) is 82.2 Å². The van der Waals surface area contributed by atoms with Crippen LogP contribution in [0.25, 0.3) is 0 Å². The summed E-state index contributed by atoms with van der Waals surface area (Å²) in [7, 11) is -4.12. The lowest BCUT2D eigenvalue weighted by Crippen LogP contribution is -2.41. The maximum absolute atomic E-state index is 12.3. The third-order valence-corrected chi connectivity index (χ3v) is 5.46. The molecule has 0 saturated carbocycles. The number of carbonyl (C=O) groups excluding carboxylic acids is 1. The molecule has 0 bridgehead atoms. The second kappa shape index (κ2) is 8.66. The minimum absolute atomic E-state index is 0.0375. The number of hydrazine groups is 1. The standard InChI is InChI=1S/C18H14Cl2N2O5S/c19-12-6-8-15(20)17(10-12)28(24,25)22-21-18(23)16-9-7-14(27-16)11-26-13-4-2-1-3-5-13/h1-10,22H,11H2,(H,21,23). The Morgan fingerprint density at radius 1 is 1.04 bits per heavy atom. The van der Waals surface area contributed by atoms with Crippen molar-refractivity contribution in [3.63, 3.8) is 0 Å². The Labute approximate surface area is 171 Å². The summed E-state index contributed by atoms with van der Waals surface area (Å²) in [5.41, 5.74) is 2.06. The number of amides is 1. The van der Waals surface area contributed by atoms with Gasteiger partial charge in [0.1, 0.15) is 23.0 Å². The fourth-order valence-corrected chi connectivity index (χ4v) is 3.76. The van der Waals surface area contributed by atoms with Crippen molar-refractivity contribution in [1.29, 1.82) is 0 Å². The number of ether oxygens (including phenoxy) is 1. The Morgan fingerprint density at radius 2 is 1.79 bits per heavy atom. The molecular formula is C18H14Cl2N2O5S. The first-order chi connectivity index (χ1) is 13.3. The van der Waals surface area contributed by atoms with Crippen LogP contribution in [0.1, 0.15) is 16.3 Å². The highest BCUT2D eigenvalue weighted by atomic mass is 35.5. The topological polar surface area (TPSA) is 97.6 Å². The van der Waals surface area contributed by atoms with Crippen LogP contribution in [0.4, 0.5) is 0 Å². The molecule has 1 amide bonds. The summed E-state index contributed by atoms with van der Waals surface area (Å²) in [6.07, 6.45) is 0. The van der Waals surface area contributed by atoms with Crippen molar-refractivity contribution >= 4 is 39.1 Å². The van der Waals surface area contributed by atoms with Gasteiger partial charge in [-0.3, -0.25) is 10.2 Å². The highest BCUT2D eigenvalue weighted by Crippen LogP contribution is 2.24. The second-order valence-electron chi connectivity index (χ2n) is 5.50. The minimum Gasteiger partial charge on any atom is -0.486 e. The summed E-state index contributed by atoms with van der Waals surface area (Å²) in [4.78, 5) is 13.8. The van der Waals surface area contributed by atoms with E-state index < -0.39 is 15.9 Å². The normalized spacial score (nSPS) is 11.2. The molecule has 1 heterocycles. The zero-order valence-corrected chi connectivity index (χ0v) is 16.5. The lowest BCUT2D eigenvalue weighted by molar-refractivity contribution is 0.0913. The highest BCUT2D eigenvalue weighted by molar-refractivity contribution is 7.89. The zero-order chi connectivity index (χ0) is 20.1. The van der Waals surface area contributed by atoms with Gasteiger partial charge in [0.25, 0.3) is 10.0 Å². The molecule has 0 aliphatic heterocycles. The minimum atomic E-state index is -4.12. The van der Waals surface area contributed by atoms with E-state index in [0.717, 1.165) is 0 Å². The SMILES string of the molecule is O=C(NNS(=O)(=O)c1cc(Cl)ccc1Cl)c1ccc(COc2ccccc2)o1. The van der Waals surface area contributed by atoms with E-state index >= 15 is 0 Å². The summed E-state index contributed by atoms with van der Waals surface area (Å²) < 4.78 is 35.5. The van der Waals surface area contributed by atoms with Gasteiger partial charge in [-0.15, -0.1) is 4.83 Å². The zero-order valence-electron chi connectivity index (χ0n) is 14.2. The highest BCUT2D eigenvalue weighted by Gasteiger charge is 2.20. The van der Waals surface area contributed by atoms with Crippen LogP contribution >= 0.6 is 23.2 Å². The number of hydrogen-bond acceptors (Lipinski definition) is 5. The molecule has 0 spiro atoms. The number of nitrogens with one attached hydrogen (secondary N) is 2. The molecule has 3 aromatic rings. The Bertz CT molecular complexity index is 1080. The van der Waals surface area contributed by atoms with Gasteiger partial charge in [-0.1, -0.05) is 41.4 Å². The van der Waals surface area contributed by atoms with Gasteiger partial charge in [-0.2, -0.15) is 0 Å². The number of benzene rings is 2. The van der Waals surface area contributed by atoms with Crippen molar-refractivity contribution in [2.45, 2.75) is 11.5 Å². The van der Waals surface area contributed by atoms with Gasteiger partial charge in [-0.25, -0.2) is 8.42 Å². The number of carbonyl (C=O) groups is 1. The van der Waals surface area contributed by atoms with Crippen LogP contribution in [-0.4, -0.2) is 14.3 Å². The summed E-state index contributed by atoms with van der Waals surface area (Å²) in [5.74, 6) is 0.171. The number of rotatable bonds is 7. The van der Waals surface area contributed by atoms with Gasteiger partial charge in [0.15, 0.2) is 5.76 Å². The number of furan rings is 1. The van der Waals surface area contributed by atoms with E-state index in [1.54, 1.807) is 18.2 Å². The molecule has 0 saturated heterocycles. The Morgan fingerprint density at radius 3 is 2.54 bits per heavy atom. The second-order valence-corrected chi connectivity index (χ2v) is 8.00. The molecule has 2 N–H and O–H groups in total. The lowest BCUT2D eigenvalue weighted by Gasteiger charge is -2.09. The van der Waals surface area contributed by atoms with E-state index in [-0.39, 0.29) is 27.3 Å². The van der Waals surface area contributed by atoms with Crippen LogP contribution in [0, 0.1) is 0 Å². The molecule has 0 aliphatic rings. The van der Waals surface area contributed by atoms with E-state index in [9.17, 15) is 13.2 Å². The van der Waals surface area contributed by atoms with Gasteiger partial charge in [0.2, 0.25) is 0 Å². The van der Waals surface area contributed by atoms with E-state index in [2.05, 4.69) is 5.43 Å². The fraction of sp³-hybridized carbons (Fsp3) is 0.0556. The third kappa shape index (κ3) is 5.05. The number of sulfonamides is 1. The van der Waals surface area contributed by atoms with E-state index in [1.807, 2.05) is 23.0 Å². The Kier molecular flexibility index (Phi) is 6.25. The third-order valence-electron chi connectivity index (χ3n) is 3.49. The molecule has 3 rings (SSSR count). The van der Waals surface area contributed by atoms with Gasteiger partial charge in [0, 0.05) is 5.02 Å². The predicted octanol–water partition coefficient (Wildman–Crippen LogP) is 3.79. The van der Waals surface area contributed by atoms with Gasteiger partial charge >= 0.3 is 5.91 Å². The van der Waals surface area contributed by atoms with Crippen LogP contribution in [0.5, 0.6) is 5.75 Å². The van der Waals surface area contributed by atoms with Crippen LogP contribution in [0.15, 0.2) is 70.0 Å². The van der Waals surface area contributed by atoms with Crippen LogP contribution in [-0.2, 0) is 16.6 Å². The van der Waals surface area contributed by atoms with Crippen molar-refractivity contribution in [2.24, 2.45) is 0 Å². The van der Waals surface area contributed by atoms with E-state index in [0.29, 0.717) is 11.5 Å². The van der Waals surface area contributed by atoms with Crippen molar-refractivity contribution in [2.75, 3.05) is 0 Å². The number of para-hydroxylation sites is 1. The maximum atomic E-state index is 12.3. The van der Waals surface area contributed by atoms with Gasteiger partial charge < -0.3 is 9.15 Å². The average Bonchev–Trinajstić information content (AvgIpc) is 3.16. The molecule has 10 heteroatoms. The molecule has 0 fully saturated rings. The van der Waals surface area contributed by atoms with Crippen LogP contribution in [0.2, 0.25) is 10.0 Å². The van der Waals surface area contributed by atoms with E-state index in [1.165, 1.54) is 24.3 Å². The molecular weight excluding hydrogens is 427 g/mol. The summed E-state index contributed by atoms with van der Waals surface area (Å²) in [6.45, 7) is 0.112. The van der Waals surface area contributed by atoms with Crippen molar-refractivity contribution in [1.82, 2.24) is 10.3 Å². The average molecular weight is 441 g/mol. The molecule has 2 aromatic carbocycles. The first-order valence-electron chi connectivity index (χ1n) is 7.89. The monoisotopic (exact) mass is 440 g/mol. The van der Waals surface area contributed by atoms with Crippen LogP contribution in [0.3, 0.4) is 0 Å². The molecule has 0 radical (unpaired) electrons. The predicted molar refractivity (Wildman–Crippen MR) is 104 cm³/mol. The number of halogens is 2.